The fraction of sp³-hybridized carbons (Fsp3) is 0.0769. The van der Waals surface area contributed by atoms with Gasteiger partial charge in [-0.3, -0.25) is 9.89 Å². The second-order valence-electron chi connectivity index (χ2n) is 3.94. The van der Waals surface area contributed by atoms with Gasteiger partial charge in [0, 0.05) is 23.0 Å². The highest BCUT2D eigenvalue weighted by Gasteiger charge is 2.09. The maximum absolute atomic E-state index is 12.0. The molecule has 0 atom stereocenters. The number of thiophene rings is 1. The molecule has 2 aromatic heterocycles. The number of H-pyrrole nitrogens is 1. The number of nitrogens with one attached hydrogen (secondary N) is 2. The average molecular weight is 257 g/mol. The summed E-state index contributed by atoms with van der Waals surface area (Å²) in [5.74, 6) is -0.0441. The van der Waals surface area contributed by atoms with Gasteiger partial charge >= 0.3 is 0 Å². The van der Waals surface area contributed by atoms with Crippen LogP contribution in [0.15, 0.2) is 42.7 Å². The molecule has 0 fully saturated rings. The van der Waals surface area contributed by atoms with Crippen LogP contribution < -0.4 is 5.32 Å². The highest BCUT2D eigenvalue weighted by Crippen LogP contribution is 2.25. The van der Waals surface area contributed by atoms with Gasteiger partial charge in [0.2, 0.25) is 0 Å². The van der Waals surface area contributed by atoms with E-state index in [4.69, 9.17) is 0 Å². The molecule has 0 saturated heterocycles. The predicted octanol–water partition coefficient (Wildman–Crippen LogP) is 2.55. The molecule has 2 heterocycles. The number of nitrogens with zero attached hydrogens (tertiary/aromatic N) is 1. The molecule has 90 valence electrons. The van der Waals surface area contributed by atoms with Crippen molar-refractivity contribution in [3.8, 4) is 0 Å². The van der Waals surface area contributed by atoms with Crippen LogP contribution in [0.25, 0.3) is 10.1 Å². The number of hydrogen-bond acceptors (Lipinski definition) is 3. The van der Waals surface area contributed by atoms with E-state index in [9.17, 15) is 4.79 Å². The van der Waals surface area contributed by atoms with Gasteiger partial charge in [0.25, 0.3) is 5.91 Å². The molecule has 1 aromatic carbocycles. The third kappa shape index (κ3) is 2.12. The SMILES string of the molecule is O=C(NCc1cn[nH]c1)c1cc2ccccc2s1. The van der Waals surface area contributed by atoms with Gasteiger partial charge < -0.3 is 5.32 Å². The van der Waals surface area contributed by atoms with Crippen LogP contribution in [0.2, 0.25) is 0 Å². The molecular formula is C13H11N3OS. The van der Waals surface area contributed by atoms with Crippen LogP contribution in [0.1, 0.15) is 15.2 Å². The summed E-state index contributed by atoms with van der Waals surface area (Å²) in [7, 11) is 0. The Balaban J connectivity index is 1.75. The third-order valence-electron chi connectivity index (χ3n) is 2.66. The van der Waals surface area contributed by atoms with Gasteiger partial charge in [-0.1, -0.05) is 18.2 Å². The fourth-order valence-electron chi connectivity index (χ4n) is 1.74. The molecule has 0 unspecified atom stereocenters. The highest BCUT2D eigenvalue weighted by molar-refractivity contribution is 7.20. The molecule has 0 aliphatic heterocycles. The summed E-state index contributed by atoms with van der Waals surface area (Å²) in [5.41, 5.74) is 0.962. The van der Waals surface area contributed by atoms with Gasteiger partial charge in [-0.05, 0) is 17.5 Å². The minimum Gasteiger partial charge on any atom is -0.347 e. The lowest BCUT2D eigenvalue weighted by Crippen LogP contribution is -2.21. The van der Waals surface area contributed by atoms with Crippen LogP contribution in [0.3, 0.4) is 0 Å². The van der Waals surface area contributed by atoms with Crippen LogP contribution in [0.5, 0.6) is 0 Å². The molecule has 0 aliphatic rings. The zero-order valence-electron chi connectivity index (χ0n) is 9.51. The van der Waals surface area contributed by atoms with Crippen LogP contribution in [-0.4, -0.2) is 16.1 Å². The standard InChI is InChI=1S/C13H11N3OS/c17-13(14-6-9-7-15-16-8-9)12-5-10-3-1-2-4-11(10)18-12/h1-5,7-8H,6H2,(H,14,17)(H,15,16). The third-order valence-corrected chi connectivity index (χ3v) is 3.77. The first-order chi connectivity index (χ1) is 8.83. The maximum atomic E-state index is 12.0. The van der Waals surface area contributed by atoms with E-state index < -0.39 is 0 Å². The van der Waals surface area contributed by atoms with Crippen molar-refractivity contribution in [3.05, 3.63) is 53.2 Å². The number of amides is 1. The number of carbonyl (C=O) groups is 1. The van der Waals surface area contributed by atoms with E-state index in [2.05, 4.69) is 15.5 Å². The van der Waals surface area contributed by atoms with Gasteiger partial charge in [0.15, 0.2) is 0 Å². The molecule has 0 bridgehead atoms. The van der Waals surface area contributed by atoms with E-state index in [-0.39, 0.29) is 5.91 Å². The van der Waals surface area contributed by atoms with Crippen molar-refractivity contribution >= 4 is 27.3 Å². The summed E-state index contributed by atoms with van der Waals surface area (Å²) in [6.45, 7) is 0.490. The molecule has 1 amide bonds. The van der Waals surface area contributed by atoms with E-state index in [0.29, 0.717) is 6.54 Å². The van der Waals surface area contributed by atoms with Crippen LogP contribution in [0.4, 0.5) is 0 Å². The Bertz CT molecular complexity index is 639. The lowest BCUT2D eigenvalue weighted by Gasteiger charge is -1.99. The van der Waals surface area contributed by atoms with E-state index in [0.717, 1.165) is 20.5 Å². The van der Waals surface area contributed by atoms with E-state index >= 15 is 0 Å². The van der Waals surface area contributed by atoms with Crippen LogP contribution in [0, 0.1) is 0 Å². The van der Waals surface area contributed by atoms with Crippen molar-refractivity contribution < 1.29 is 4.79 Å². The Morgan fingerprint density at radius 3 is 3.06 bits per heavy atom. The van der Waals surface area contributed by atoms with Gasteiger partial charge in [-0.15, -0.1) is 11.3 Å². The molecular weight excluding hydrogens is 246 g/mol. The fourth-order valence-corrected chi connectivity index (χ4v) is 2.72. The summed E-state index contributed by atoms with van der Waals surface area (Å²) in [6.07, 6.45) is 3.47. The number of rotatable bonds is 3. The summed E-state index contributed by atoms with van der Waals surface area (Å²) >= 11 is 1.51. The zero-order valence-corrected chi connectivity index (χ0v) is 10.3. The summed E-state index contributed by atoms with van der Waals surface area (Å²) in [6, 6.07) is 9.91. The molecule has 18 heavy (non-hydrogen) atoms. The van der Waals surface area contributed by atoms with Crippen molar-refractivity contribution in [2.24, 2.45) is 0 Å². The normalized spacial score (nSPS) is 10.7. The number of hydrogen-bond donors (Lipinski definition) is 2. The lowest BCUT2D eigenvalue weighted by molar-refractivity contribution is 0.0955. The van der Waals surface area contributed by atoms with Gasteiger partial charge in [-0.25, -0.2) is 0 Å². The van der Waals surface area contributed by atoms with Gasteiger partial charge in [0.1, 0.15) is 0 Å². The monoisotopic (exact) mass is 257 g/mol. The lowest BCUT2D eigenvalue weighted by atomic mass is 10.2. The minimum absolute atomic E-state index is 0.0441. The Labute approximate surface area is 108 Å². The largest absolute Gasteiger partial charge is 0.347 e. The molecule has 4 nitrogen and oxygen atoms in total. The van der Waals surface area contributed by atoms with E-state index in [1.807, 2.05) is 30.3 Å². The van der Waals surface area contributed by atoms with Gasteiger partial charge in [0.05, 0.1) is 11.1 Å². The number of aromatic amines is 1. The number of carbonyl (C=O) groups excluding carboxylic acids is 1. The van der Waals surface area contributed by atoms with Crippen LogP contribution in [-0.2, 0) is 6.54 Å². The van der Waals surface area contributed by atoms with E-state index in [1.165, 1.54) is 11.3 Å². The van der Waals surface area contributed by atoms with Gasteiger partial charge in [-0.2, -0.15) is 5.10 Å². The second kappa shape index (κ2) is 4.62. The Morgan fingerprint density at radius 2 is 2.28 bits per heavy atom. The minimum atomic E-state index is -0.0441. The molecule has 3 aromatic rings. The first-order valence-corrected chi connectivity index (χ1v) is 6.39. The summed E-state index contributed by atoms with van der Waals surface area (Å²) in [4.78, 5) is 12.7. The summed E-state index contributed by atoms with van der Waals surface area (Å²) < 4.78 is 1.13. The zero-order chi connectivity index (χ0) is 12.4. The first kappa shape index (κ1) is 11.0. The topological polar surface area (TPSA) is 57.8 Å². The maximum Gasteiger partial charge on any atom is 0.261 e. The second-order valence-corrected chi connectivity index (χ2v) is 5.02. The van der Waals surface area contributed by atoms with Crippen molar-refractivity contribution in [2.45, 2.75) is 6.54 Å². The Morgan fingerprint density at radius 1 is 1.39 bits per heavy atom. The predicted molar refractivity (Wildman–Crippen MR) is 71.6 cm³/mol. The molecule has 2 N–H and O–H groups in total. The average Bonchev–Trinajstić information content (AvgIpc) is 3.04. The molecule has 5 heteroatoms. The smallest absolute Gasteiger partial charge is 0.261 e. The van der Waals surface area contributed by atoms with E-state index in [1.54, 1.807) is 12.4 Å². The van der Waals surface area contributed by atoms with Crippen molar-refractivity contribution in [1.82, 2.24) is 15.5 Å². The molecule has 0 spiro atoms. The number of fused-ring (bicyclic) bond motifs is 1. The molecule has 0 saturated carbocycles. The first-order valence-electron chi connectivity index (χ1n) is 5.57. The molecule has 0 radical (unpaired) electrons. The van der Waals surface area contributed by atoms with Crippen molar-refractivity contribution in [1.29, 1.82) is 0 Å². The Hall–Kier alpha value is -2.14. The number of aromatic nitrogens is 2. The number of benzene rings is 1. The van der Waals surface area contributed by atoms with Crippen molar-refractivity contribution in [2.75, 3.05) is 0 Å². The molecule has 3 rings (SSSR count). The molecule has 0 aliphatic carbocycles. The summed E-state index contributed by atoms with van der Waals surface area (Å²) in [5, 5.41) is 10.5. The quantitative estimate of drug-likeness (QED) is 0.757. The highest BCUT2D eigenvalue weighted by atomic mass is 32.1. The van der Waals surface area contributed by atoms with Crippen molar-refractivity contribution in [3.63, 3.8) is 0 Å². The Kier molecular flexibility index (Phi) is 2.82. The van der Waals surface area contributed by atoms with Crippen LogP contribution >= 0.6 is 11.3 Å².